The summed E-state index contributed by atoms with van der Waals surface area (Å²) in [7, 11) is 4.41. The summed E-state index contributed by atoms with van der Waals surface area (Å²) < 4.78 is 0. The van der Waals surface area contributed by atoms with Crippen molar-refractivity contribution in [2.45, 2.75) is 46.2 Å². The van der Waals surface area contributed by atoms with Gasteiger partial charge in [-0.2, -0.15) is 0 Å². The van der Waals surface area contributed by atoms with Crippen LogP contribution in [0.5, 0.6) is 0 Å². The SMILES string of the molecule is CC1CN(C)C[C@@H](C)N1C.CCC. The smallest absolute Gasteiger partial charge is 0.0195 e. The van der Waals surface area contributed by atoms with E-state index in [2.05, 4.69) is 51.6 Å². The fourth-order valence-corrected chi connectivity index (χ4v) is 1.67. The lowest BCUT2D eigenvalue weighted by Crippen LogP contribution is -2.53. The van der Waals surface area contributed by atoms with Gasteiger partial charge < -0.3 is 4.90 Å². The molecule has 2 heteroatoms. The van der Waals surface area contributed by atoms with Crippen LogP contribution >= 0.6 is 0 Å². The van der Waals surface area contributed by atoms with Crippen LogP contribution in [0.4, 0.5) is 0 Å². The number of hydrogen-bond donors (Lipinski definition) is 0. The summed E-state index contributed by atoms with van der Waals surface area (Å²) in [6.45, 7) is 11.2. The molecule has 1 unspecified atom stereocenters. The highest BCUT2D eigenvalue weighted by molar-refractivity contribution is 4.80. The van der Waals surface area contributed by atoms with Gasteiger partial charge in [0.05, 0.1) is 0 Å². The Labute approximate surface area is 83.9 Å². The van der Waals surface area contributed by atoms with Gasteiger partial charge in [-0.1, -0.05) is 20.3 Å². The topological polar surface area (TPSA) is 6.48 Å². The zero-order valence-corrected chi connectivity index (χ0v) is 10.2. The van der Waals surface area contributed by atoms with Crippen molar-refractivity contribution in [2.24, 2.45) is 0 Å². The van der Waals surface area contributed by atoms with Gasteiger partial charge in [-0.05, 0) is 27.9 Å². The molecular weight excluding hydrogens is 160 g/mol. The first-order valence-corrected chi connectivity index (χ1v) is 5.43. The summed E-state index contributed by atoms with van der Waals surface area (Å²) in [5.41, 5.74) is 0. The van der Waals surface area contributed by atoms with E-state index >= 15 is 0 Å². The predicted octanol–water partition coefficient (Wildman–Crippen LogP) is 2.06. The number of piperazine rings is 1. The number of rotatable bonds is 0. The summed E-state index contributed by atoms with van der Waals surface area (Å²) in [6, 6.07) is 1.43. The monoisotopic (exact) mass is 186 g/mol. The first-order valence-electron chi connectivity index (χ1n) is 5.43. The Morgan fingerprint density at radius 3 is 1.62 bits per heavy atom. The molecule has 1 fully saturated rings. The van der Waals surface area contributed by atoms with E-state index in [0.717, 1.165) is 0 Å². The average molecular weight is 186 g/mol. The van der Waals surface area contributed by atoms with Crippen LogP contribution in [0, 0.1) is 0 Å². The lowest BCUT2D eigenvalue weighted by Gasteiger charge is -2.40. The molecule has 0 N–H and O–H groups in total. The molecule has 1 rings (SSSR count). The molecule has 0 spiro atoms. The molecule has 0 amide bonds. The Morgan fingerprint density at radius 2 is 1.31 bits per heavy atom. The van der Waals surface area contributed by atoms with Crippen LogP contribution in [0.1, 0.15) is 34.1 Å². The van der Waals surface area contributed by atoms with Gasteiger partial charge in [0.15, 0.2) is 0 Å². The van der Waals surface area contributed by atoms with E-state index in [9.17, 15) is 0 Å². The van der Waals surface area contributed by atoms with Crippen LogP contribution in [0.3, 0.4) is 0 Å². The molecule has 1 aliphatic rings. The maximum atomic E-state index is 2.44. The van der Waals surface area contributed by atoms with Crippen LogP contribution in [0.2, 0.25) is 0 Å². The minimum atomic E-state index is 0.716. The summed E-state index contributed by atoms with van der Waals surface area (Å²) >= 11 is 0. The van der Waals surface area contributed by atoms with Gasteiger partial charge in [0.2, 0.25) is 0 Å². The number of nitrogens with zero attached hydrogens (tertiary/aromatic N) is 2. The van der Waals surface area contributed by atoms with E-state index in [4.69, 9.17) is 0 Å². The zero-order valence-electron chi connectivity index (χ0n) is 10.2. The zero-order chi connectivity index (χ0) is 10.4. The predicted molar refractivity (Wildman–Crippen MR) is 60.1 cm³/mol. The van der Waals surface area contributed by atoms with Gasteiger partial charge in [-0.25, -0.2) is 0 Å². The molecule has 0 bridgehead atoms. The molecule has 80 valence electrons. The Balaban J connectivity index is 0.000000424. The second-order valence-corrected chi connectivity index (χ2v) is 4.29. The number of likely N-dealkylation sites (N-methyl/N-ethyl adjacent to an activating group) is 2. The third-order valence-electron chi connectivity index (χ3n) is 2.54. The Hall–Kier alpha value is -0.0800. The summed E-state index contributed by atoms with van der Waals surface area (Å²) in [6.07, 6.45) is 1.25. The summed E-state index contributed by atoms with van der Waals surface area (Å²) in [4.78, 5) is 4.84. The molecule has 0 radical (unpaired) electrons. The van der Waals surface area contributed by atoms with Crippen molar-refractivity contribution in [2.75, 3.05) is 27.2 Å². The fraction of sp³-hybridized carbons (Fsp3) is 1.00. The molecule has 1 heterocycles. The van der Waals surface area contributed by atoms with E-state index < -0.39 is 0 Å². The van der Waals surface area contributed by atoms with Gasteiger partial charge in [0.1, 0.15) is 0 Å². The fourth-order valence-electron chi connectivity index (χ4n) is 1.67. The maximum absolute atomic E-state index is 2.44. The normalized spacial score (nSPS) is 30.9. The van der Waals surface area contributed by atoms with Gasteiger partial charge in [-0.15, -0.1) is 0 Å². The van der Waals surface area contributed by atoms with Gasteiger partial charge in [0, 0.05) is 25.2 Å². The van der Waals surface area contributed by atoms with E-state index in [1.165, 1.54) is 19.5 Å². The highest BCUT2D eigenvalue weighted by Crippen LogP contribution is 2.10. The lowest BCUT2D eigenvalue weighted by molar-refractivity contribution is 0.0761. The lowest BCUT2D eigenvalue weighted by atomic mass is 10.1. The molecule has 0 aromatic heterocycles. The molecule has 0 aromatic carbocycles. The first-order chi connectivity index (χ1) is 6.02. The molecule has 0 saturated carbocycles. The third-order valence-corrected chi connectivity index (χ3v) is 2.54. The quantitative estimate of drug-likeness (QED) is 0.571. The second kappa shape index (κ2) is 6.39. The maximum Gasteiger partial charge on any atom is 0.0195 e. The first kappa shape index (κ1) is 12.9. The third kappa shape index (κ3) is 4.63. The Kier molecular flexibility index (Phi) is 6.35. The highest BCUT2D eigenvalue weighted by Gasteiger charge is 2.23. The largest absolute Gasteiger partial charge is 0.303 e. The van der Waals surface area contributed by atoms with Crippen molar-refractivity contribution < 1.29 is 0 Å². The van der Waals surface area contributed by atoms with E-state index in [-0.39, 0.29) is 0 Å². The van der Waals surface area contributed by atoms with E-state index in [1.807, 2.05) is 0 Å². The van der Waals surface area contributed by atoms with Crippen LogP contribution in [0.25, 0.3) is 0 Å². The van der Waals surface area contributed by atoms with Gasteiger partial charge >= 0.3 is 0 Å². The summed E-state index contributed by atoms with van der Waals surface area (Å²) in [5, 5.41) is 0. The Morgan fingerprint density at radius 1 is 1.00 bits per heavy atom. The van der Waals surface area contributed by atoms with Gasteiger partial charge in [0.25, 0.3) is 0 Å². The molecule has 2 atom stereocenters. The highest BCUT2D eigenvalue weighted by atomic mass is 15.3. The minimum Gasteiger partial charge on any atom is -0.303 e. The molecule has 1 saturated heterocycles. The van der Waals surface area contributed by atoms with Crippen molar-refractivity contribution >= 4 is 0 Å². The minimum absolute atomic E-state index is 0.716. The second-order valence-electron chi connectivity index (χ2n) is 4.29. The average Bonchev–Trinajstić information content (AvgIpc) is 2.01. The van der Waals surface area contributed by atoms with Crippen LogP contribution < -0.4 is 0 Å². The van der Waals surface area contributed by atoms with E-state index in [1.54, 1.807) is 0 Å². The van der Waals surface area contributed by atoms with Crippen molar-refractivity contribution in [3.8, 4) is 0 Å². The molecule has 1 aliphatic heterocycles. The van der Waals surface area contributed by atoms with Crippen LogP contribution in [0.15, 0.2) is 0 Å². The molecule has 13 heavy (non-hydrogen) atoms. The van der Waals surface area contributed by atoms with Crippen molar-refractivity contribution in [3.63, 3.8) is 0 Å². The summed E-state index contributed by atoms with van der Waals surface area (Å²) in [5.74, 6) is 0. The molecule has 0 aromatic rings. The van der Waals surface area contributed by atoms with Crippen molar-refractivity contribution in [3.05, 3.63) is 0 Å². The van der Waals surface area contributed by atoms with Gasteiger partial charge in [-0.3, -0.25) is 4.90 Å². The standard InChI is InChI=1S/C8H18N2.C3H8/c1-7-5-9(3)6-8(2)10(7)4;1-3-2/h7-8H,5-6H2,1-4H3;3H2,1-2H3/t7-,8?;/m1./s1. The Bertz CT molecular complexity index is 113. The van der Waals surface area contributed by atoms with E-state index in [0.29, 0.717) is 12.1 Å². The van der Waals surface area contributed by atoms with Crippen molar-refractivity contribution in [1.29, 1.82) is 0 Å². The molecular formula is C11H26N2. The van der Waals surface area contributed by atoms with Crippen LogP contribution in [-0.2, 0) is 0 Å². The van der Waals surface area contributed by atoms with Crippen molar-refractivity contribution in [1.82, 2.24) is 9.80 Å². The van der Waals surface area contributed by atoms with Crippen LogP contribution in [-0.4, -0.2) is 49.1 Å². The molecule has 2 nitrogen and oxygen atoms in total. The number of hydrogen-bond acceptors (Lipinski definition) is 2. The molecule has 0 aliphatic carbocycles.